The quantitative estimate of drug-likeness (QED) is 0.376. The summed E-state index contributed by atoms with van der Waals surface area (Å²) in [5.41, 5.74) is -4.78. The summed E-state index contributed by atoms with van der Waals surface area (Å²) in [7, 11) is -4.45. The minimum atomic E-state index is -5.80. The van der Waals surface area contributed by atoms with E-state index in [4.69, 9.17) is 0 Å². The molecule has 0 N–H and O–H groups in total. The molecular formula is C19H22F3NO6S. The zero-order chi connectivity index (χ0) is 22.1. The summed E-state index contributed by atoms with van der Waals surface area (Å²) < 4.78 is 68.7. The summed E-state index contributed by atoms with van der Waals surface area (Å²) in [6.45, 7) is 0.317. The van der Waals surface area contributed by atoms with Crippen LogP contribution < -0.4 is 4.18 Å². The van der Waals surface area contributed by atoms with Crippen LogP contribution in [0.15, 0.2) is 18.2 Å². The molecule has 0 radical (unpaired) electrons. The number of halogens is 3. The van der Waals surface area contributed by atoms with Gasteiger partial charge in [0.2, 0.25) is 0 Å². The number of esters is 1. The van der Waals surface area contributed by atoms with Crippen LogP contribution in [0.2, 0.25) is 0 Å². The Bertz CT molecular complexity index is 923. The molecule has 30 heavy (non-hydrogen) atoms. The Morgan fingerprint density at radius 3 is 2.47 bits per heavy atom. The third-order valence-electron chi connectivity index (χ3n) is 5.64. The average Bonchev–Trinajstić information content (AvgIpc) is 3.01. The highest BCUT2D eigenvalue weighted by molar-refractivity contribution is 7.88. The molecule has 1 amide bonds. The number of fused-ring (bicyclic) bond motifs is 1. The number of rotatable bonds is 6. The average molecular weight is 449 g/mol. The van der Waals surface area contributed by atoms with Crippen LogP contribution in [0.1, 0.15) is 54.4 Å². The maximum absolute atomic E-state index is 12.8. The molecule has 1 aliphatic heterocycles. The number of carbonyl (C=O) groups is 2. The number of amides is 1. The van der Waals surface area contributed by atoms with Crippen LogP contribution in [-0.4, -0.2) is 43.9 Å². The molecule has 166 valence electrons. The van der Waals surface area contributed by atoms with Crippen molar-refractivity contribution in [3.8, 4) is 5.75 Å². The van der Waals surface area contributed by atoms with Crippen LogP contribution in [0.5, 0.6) is 5.75 Å². The van der Waals surface area contributed by atoms with E-state index in [-0.39, 0.29) is 23.5 Å². The fraction of sp³-hybridized carbons (Fsp3) is 0.579. The second kappa shape index (κ2) is 8.44. The Labute approximate surface area is 172 Å². The fourth-order valence-electron chi connectivity index (χ4n) is 3.99. The van der Waals surface area contributed by atoms with Crippen molar-refractivity contribution in [3.63, 3.8) is 0 Å². The van der Waals surface area contributed by atoms with Crippen LogP contribution in [0, 0.1) is 5.92 Å². The molecule has 1 aromatic carbocycles. The van der Waals surface area contributed by atoms with Gasteiger partial charge in [-0.05, 0) is 55.7 Å². The van der Waals surface area contributed by atoms with Crippen molar-refractivity contribution in [1.29, 1.82) is 0 Å². The largest absolute Gasteiger partial charge is 0.534 e. The van der Waals surface area contributed by atoms with E-state index in [0.29, 0.717) is 24.4 Å². The van der Waals surface area contributed by atoms with Crippen molar-refractivity contribution in [3.05, 3.63) is 29.3 Å². The SMILES string of the molecule is COC(=O)CC[C@H]1CC[C@H](N2Cc3ccc(OS(=O)(=O)C(F)(F)F)cc3C2=O)CC1. The molecule has 0 spiro atoms. The van der Waals surface area contributed by atoms with Crippen LogP contribution in [0.3, 0.4) is 0 Å². The molecule has 7 nitrogen and oxygen atoms in total. The maximum atomic E-state index is 12.8. The third kappa shape index (κ3) is 4.71. The summed E-state index contributed by atoms with van der Waals surface area (Å²) in [5, 5.41) is 0. The van der Waals surface area contributed by atoms with Crippen molar-refractivity contribution < 1.29 is 40.1 Å². The smallest absolute Gasteiger partial charge is 0.469 e. The summed E-state index contributed by atoms with van der Waals surface area (Å²) >= 11 is 0. The first-order valence-corrected chi connectivity index (χ1v) is 10.9. The van der Waals surface area contributed by atoms with E-state index in [1.165, 1.54) is 13.2 Å². The standard InChI is InChI=1S/C19H22F3NO6S/c1-28-17(24)9-4-12-2-6-14(7-3-12)23-11-13-5-8-15(10-16(13)18(23)25)29-30(26,27)19(20,21)22/h5,8,10,12,14H,2-4,6-7,9,11H2,1H3/t12-,14-. The molecule has 0 aromatic heterocycles. The summed E-state index contributed by atoms with van der Waals surface area (Å²) in [4.78, 5) is 25.7. The highest BCUT2D eigenvalue weighted by atomic mass is 32.2. The molecule has 1 aliphatic carbocycles. The maximum Gasteiger partial charge on any atom is 0.534 e. The Kier molecular flexibility index (Phi) is 6.30. The molecular weight excluding hydrogens is 427 g/mol. The Morgan fingerprint density at radius 1 is 1.20 bits per heavy atom. The summed E-state index contributed by atoms with van der Waals surface area (Å²) in [6, 6.07) is 3.56. The molecule has 2 aliphatic rings. The first kappa shape index (κ1) is 22.4. The predicted octanol–water partition coefficient (Wildman–Crippen LogP) is 3.38. The van der Waals surface area contributed by atoms with Gasteiger partial charge in [0.25, 0.3) is 5.91 Å². The fourth-order valence-corrected chi connectivity index (χ4v) is 4.44. The molecule has 0 saturated heterocycles. The van der Waals surface area contributed by atoms with E-state index in [1.54, 1.807) is 4.90 Å². The van der Waals surface area contributed by atoms with Gasteiger partial charge in [-0.3, -0.25) is 9.59 Å². The molecule has 0 unspecified atom stereocenters. The van der Waals surface area contributed by atoms with Crippen molar-refractivity contribution in [2.24, 2.45) is 5.92 Å². The van der Waals surface area contributed by atoms with Gasteiger partial charge in [0.1, 0.15) is 5.75 Å². The van der Waals surface area contributed by atoms with E-state index in [0.717, 1.165) is 44.2 Å². The van der Waals surface area contributed by atoms with E-state index in [9.17, 15) is 31.2 Å². The highest BCUT2D eigenvalue weighted by Gasteiger charge is 2.48. The molecule has 3 rings (SSSR count). The minimum Gasteiger partial charge on any atom is -0.469 e. The minimum absolute atomic E-state index is 0.0115. The van der Waals surface area contributed by atoms with Gasteiger partial charge in [-0.1, -0.05) is 6.07 Å². The topological polar surface area (TPSA) is 90.0 Å². The van der Waals surface area contributed by atoms with Crippen molar-refractivity contribution >= 4 is 22.0 Å². The third-order valence-corrected chi connectivity index (χ3v) is 6.62. The molecule has 1 aromatic rings. The Morgan fingerprint density at radius 2 is 1.87 bits per heavy atom. The number of hydrogen-bond acceptors (Lipinski definition) is 6. The zero-order valence-corrected chi connectivity index (χ0v) is 17.1. The Hall–Kier alpha value is -2.30. The molecule has 0 atom stereocenters. The van der Waals surface area contributed by atoms with E-state index >= 15 is 0 Å². The van der Waals surface area contributed by atoms with Gasteiger partial charge in [-0.15, -0.1) is 0 Å². The van der Waals surface area contributed by atoms with Crippen LogP contribution in [-0.2, 0) is 26.2 Å². The van der Waals surface area contributed by atoms with Gasteiger partial charge in [-0.25, -0.2) is 0 Å². The van der Waals surface area contributed by atoms with Gasteiger partial charge < -0.3 is 13.8 Å². The number of ether oxygens (including phenoxy) is 1. The Balaban J connectivity index is 1.62. The van der Waals surface area contributed by atoms with Crippen LogP contribution >= 0.6 is 0 Å². The monoisotopic (exact) mass is 449 g/mol. The summed E-state index contributed by atoms with van der Waals surface area (Å²) in [6.07, 6.45) is 4.35. The predicted molar refractivity (Wildman–Crippen MR) is 98.9 cm³/mol. The molecule has 1 fully saturated rings. The van der Waals surface area contributed by atoms with Gasteiger partial charge >= 0.3 is 21.6 Å². The molecule has 0 bridgehead atoms. The van der Waals surface area contributed by atoms with Gasteiger partial charge in [0.15, 0.2) is 0 Å². The lowest BCUT2D eigenvalue weighted by molar-refractivity contribution is -0.141. The number of benzene rings is 1. The lowest BCUT2D eigenvalue weighted by Crippen LogP contribution is -2.38. The van der Waals surface area contributed by atoms with Gasteiger partial charge in [0, 0.05) is 24.6 Å². The normalized spacial score (nSPS) is 22.0. The first-order chi connectivity index (χ1) is 14.0. The van der Waals surface area contributed by atoms with Gasteiger partial charge in [0.05, 0.1) is 7.11 Å². The molecule has 1 saturated carbocycles. The van der Waals surface area contributed by atoms with E-state index in [1.807, 2.05) is 0 Å². The molecule has 11 heteroatoms. The summed E-state index contributed by atoms with van der Waals surface area (Å²) in [5.74, 6) is -0.758. The lowest BCUT2D eigenvalue weighted by atomic mass is 9.83. The van der Waals surface area contributed by atoms with Crippen molar-refractivity contribution in [2.75, 3.05) is 7.11 Å². The number of hydrogen-bond donors (Lipinski definition) is 0. The number of methoxy groups -OCH3 is 1. The van der Waals surface area contributed by atoms with E-state index in [2.05, 4.69) is 8.92 Å². The van der Waals surface area contributed by atoms with Crippen LogP contribution in [0.25, 0.3) is 0 Å². The van der Waals surface area contributed by atoms with Gasteiger partial charge in [-0.2, -0.15) is 21.6 Å². The number of nitrogens with zero attached hydrogens (tertiary/aromatic N) is 1. The van der Waals surface area contributed by atoms with Crippen molar-refractivity contribution in [2.45, 2.75) is 56.6 Å². The number of alkyl halides is 3. The first-order valence-electron chi connectivity index (χ1n) is 9.53. The molecule has 1 heterocycles. The number of carbonyl (C=O) groups excluding carboxylic acids is 2. The second-order valence-electron chi connectivity index (χ2n) is 7.52. The zero-order valence-electron chi connectivity index (χ0n) is 16.3. The lowest BCUT2D eigenvalue weighted by Gasteiger charge is -2.34. The van der Waals surface area contributed by atoms with Crippen molar-refractivity contribution in [1.82, 2.24) is 4.90 Å². The second-order valence-corrected chi connectivity index (χ2v) is 9.06. The highest BCUT2D eigenvalue weighted by Crippen LogP contribution is 2.36. The van der Waals surface area contributed by atoms with E-state index < -0.39 is 21.4 Å². The van der Waals surface area contributed by atoms with Crippen LogP contribution in [0.4, 0.5) is 13.2 Å².